The Morgan fingerprint density at radius 3 is 2.21 bits per heavy atom. The Bertz CT molecular complexity index is 665. The van der Waals surface area contributed by atoms with Crippen molar-refractivity contribution in [3.63, 3.8) is 0 Å². The highest BCUT2D eigenvalue weighted by molar-refractivity contribution is 7.59. The first-order valence-corrected chi connectivity index (χ1v) is 8.83. The van der Waals surface area contributed by atoms with E-state index in [0.29, 0.717) is 5.16 Å². The van der Waals surface area contributed by atoms with E-state index in [0.717, 1.165) is 0 Å². The molecule has 1 unspecified atom stereocenters. The van der Waals surface area contributed by atoms with Crippen molar-refractivity contribution in [2.45, 2.75) is 44.9 Å². The first-order chi connectivity index (χ1) is 8.76. The number of benzene rings is 2. The largest absolute Gasteiger partial charge is 0.0891 e. The second-order valence-corrected chi connectivity index (χ2v) is 10.2. The van der Waals surface area contributed by atoms with Gasteiger partial charge in [0, 0.05) is 10.3 Å². The third-order valence-corrected chi connectivity index (χ3v) is 8.95. The van der Waals surface area contributed by atoms with Crippen molar-refractivity contribution in [1.82, 2.24) is 0 Å². The minimum absolute atomic E-state index is 0.103. The van der Waals surface area contributed by atoms with Crippen molar-refractivity contribution < 1.29 is 0 Å². The normalized spacial score (nSPS) is 23.6. The number of aryl methyl sites for hydroxylation is 1. The van der Waals surface area contributed by atoms with Crippen molar-refractivity contribution in [1.29, 1.82) is 0 Å². The molecule has 0 N–H and O–H groups in total. The van der Waals surface area contributed by atoms with Gasteiger partial charge in [-0.25, -0.2) is 0 Å². The van der Waals surface area contributed by atoms with E-state index in [4.69, 9.17) is 0 Å². The SMILES string of the molecule is Cc1cc2c3c(cccc3c1)C(C)(C)P(C)C2(C)C. The van der Waals surface area contributed by atoms with Crippen molar-refractivity contribution in [3.8, 4) is 0 Å². The van der Waals surface area contributed by atoms with Gasteiger partial charge < -0.3 is 0 Å². The first kappa shape index (κ1) is 13.1. The molecule has 2 aromatic rings. The maximum atomic E-state index is 2.47. The Labute approximate surface area is 118 Å². The van der Waals surface area contributed by atoms with Crippen molar-refractivity contribution in [2.75, 3.05) is 6.66 Å². The van der Waals surface area contributed by atoms with E-state index < -0.39 is 0 Å². The molecule has 0 fully saturated rings. The van der Waals surface area contributed by atoms with Crippen LogP contribution in [-0.4, -0.2) is 6.66 Å². The standard InChI is InChI=1S/C18H23P/c1-12-10-13-8-7-9-14-16(13)15(11-12)18(4,5)19(6)17(14,2)3/h7-11H,1-6H3. The summed E-state index contributed by atoms with van der Waals surface area (Å²) in [6.07, 6.45) is 0. The average Bonchev–Trinajstić information content (AvgIpc) is 2.34. The number of hydrogen-bond donors (Lipinski definition) is 0. The molecule has 0 bridgehead atoms. The molecule has 1 heteroatoms. The van der Waals surface area contributed by atoms with Gasteiger partial charge in [0.1, 0.15) is 0 Å². The lowest BCUT2D eigenvalue weighted by Gasteiger charge is -2.49. The molecule has 100 valence electrons. The Kier molecular flexibility index (Phi) is 2.64. The third kappa shape index (κ3) is 1.62. The second kappa shape index (κ2) is 3.83. The quantitative estimate of drug-likeness (QED) is 0.535. The molecule has 0 saturated heterocycles. The van der Waals surface area contributed by atoms with E-state index in [9.17, 15) is 0 Å². The lowest BCUT2D eigenvalue weighted by Crippen LogP contribution is -2.31. The fourth-order valence-corrected chi connectivity index (χ4v) is 6.11. The lowest BCUT2D eigenvalue weighted by atomic mass is 9.85. The monoisotopic (exact) mass is 270 g/mol. The summed E-state index contributed by atoms with van der Waals surface area (Å²) < 4.78 is 0. The molecule has 0 aliphatic carbocycles. The van der Waals surface area contributed by atoms with Gasteiger partial charge in [-0.05, 0) is 35.5 Å². The Morgan fingerprint density at radius 2 is 1.53 bits per heavy atom. The minimum atomic E-state index is -0.103. The number of rotatable bonds is 0. The van der Waals surface area contributed by atoms with Gasteiger partial charge in [0.2, 0.25) is 0 Å². The molecule has 3 rings (SSSR count). The van der Waals surface area contributed by atoms with Crippen LogP contribution in [0.4, 0.5) is 0 Å². The van der Waals surface area contributed by atoms with Crippen molar-refractivity contribution in [3.05, 3.63) is 47.0 Å². The van der Waals surface area contributed by atoms with Gasteiger partial charge in [-0.2, -0.15) is 0 Å². The molecule has 0 radical (unpaired) electrons. The van der Waals surface area contributed by atoms with Crippen LogP contribution in [0.3, 0.4) is 0 Å². The predicted molar refractivity (Wildman–Crippen MR) is 87.6 cm³/mol. The summed E-state index contributed by atoms with van der Waals surface area (Å²) in [5, 5.41) is 3.51. The second-order valence-electron chi connectivity index (χ2n) is 6.89. The van der Waals surface area contributed by atoms with Crippen molar-refractivity contribution >= 4 is 18.7 Å². The maximum absolute atomic E-state index is 2.47. The molecule has 0 saturated carbocycles. The Hall–Kier alpha value is -0.870. The zero-order chi connectivity index (χ0) is 14.0. The van der Waals surface area contributed by atoms with E-state index >= 15 is 0 Å². The van der Waals surface area contributed by atoms with Gasteiger partial charge in [-0.15, -0.1) is 0 Å². The van der Waals surface area contributed by atoms with Crippen LogP contribution >= 0.6 is 7.92 Å². The molecule has 0 amide bonds. The van der Waals surface area contributed by atoms with Gasteiger partial charge in [-0.1, -0.05) is 71.5 Å². The van der Waals surface area contributed by atoms with E-state index in [-0.39, 0.29) is 13.1 Å². The molecule has 1 heterocycles. The zero-order valence-electron chi connectivity index (χ0n) is 12.8. The van der Waals surface area contributed by atoms with E-state index in [1.807, 2.05) is 0 Å². The Morgan fingerprint density at radius 1 is 0.895 bits per heavy atom. The minimum Gasteiger partial charge on any atom is -0.0891 e. The van der Waals surface area contributed by atoms with Gasteiger partial charge >= 0.3 is 0 Å². The number of hydrogen-bond acceptors (Lipinski definition) is 0. The lowest BCUT2D eigenvalue weighted by molar-refractivity contribution is 0.675. The van der Waals surface area contributed by atoms with Gasteiger partial charge in [0.15, 0.2) is 0 Å². The van der Waals surface area contributed by atoms with E-state index in [1.165, 1.54) is 16.3 Å². The van der Waals surface area contributed by atoms with Crippen LogP contribution in [-0.2, 0) is 10.3 Å². The molecule has 0 spiro atoms. The van der Waals surface area contributed by atoms with Gasteiger partial charge in [0.25, 0.3) is 0 Å². The van der Waals surface area contributed by atoms with Crippen LogP contribution in [0.15, 0.2) is 30.3 Å². The highest BCUT2D eigenvalue weighted by Crippen LogP contribution is 2.69. The van der Waals surface area contributed by atoms with Gasteiger partial charge in [0.05, 0.1) is 0 Å². The maximum Gasteiger partial charge on any atom is 0.0110 e. The van der Waals surface area contributed by atoms with Crippen LogP contribution < -0.4 is 0 Å². The summed E-state index contributed by atoms with van der Waals surface area (Å²) in [6.45, 7) is 14.4. The summed E-state index contributed by atoms with van der Waals surface area (Å²) in [7, 11) is -0.103. The predicted octanol–water partition coefficient (Wildman–Crippen LogP) is 5.74. The first-order valence-electron chi connectivity index (χ1n) is 7.04. The summed E-state index contributed by atoms with van der Waals surface area (Å²) in [5.41, 5.74) is 4.50. The van der Waals surface area contributed by atoms with Crippen LogP contribution in [0.1, 0.15) is 44.4 Å². The summed E-state index contributed by atoms with van der Waals surface area (Å²) in [5.74, 6) is 0. The molecule has 0 aromatic heterocycles. The van der Waals surface area contributed by atoms with E-state index in [2.05, 4.69) is 71.6 Å². The molecule has 1 atom stereocenters. The zero-order valence-corrected chi connectivity index (χ0v) is 13.7. The van der Waals surface area contributed by atoms with Crippen LogP contribution in [0, 0.1) is 6.92 Å². The summed E-state index contributed by atoms with van der Waals surface area (Å²) in [6, 6.07) is 11.6. The molecule has 2 aromatic carbocycles. The van der Waals surface area contributed by atoms with Crippen LogP contribution in [0.2, 0.25) is 0 Å². The summed E-state index contributed by atoms with van der Waals surface area (Å²) in [4.78, 5) is 0. The molecule has 1 aliphatic rings. The van der Waals surface area contributed by atoms with Crippen LogP contribution in [0.5, 0.6) is 0 Å². The smallest absolute Gasteiger partial charge is 0.0110 e. The topological polar surface area (TPSA) is 0 Å². The molecule has 19 heavy (non-hydrogen) atoms. The molecular formula is C18H23P. The molecular weight excluding hydrogens is 247 g/mol. The highest BCUT2D eigenvalue weighted by Gasteiger charge is 2.44. The highest BCUT2D eigenvalue weighted by atomic mass is 31.1. The fraction of sp³-hybridized carbons (Fsp3) is 0.444. The third-order valence-electron chi connectivity index (χ3n) is 5.12. The summed E-state index contributed by atoms with van der Waals surface area (Å²) >= 11 is 0. The molecule has 0 nitrogen and oxygen atoms in total. The van der Waals surface area contributed by atoms with Crippen molar-refractivity contribution in [2.24, 2.45) is 0 Å². The fourth-order valence-electron chi connectivity index (χ4n) is 3.63. The van der Waals surface area contributed by atoms with E-state index in [1.54, 1.807) is 11.1 Å². The Balaban J connectivity index is 2.53. The van der Waals surface area contributed by atoms with Gasteiger partial charge in [-0.3, -0.25) is 0 Å². The average molecular weight is 270 g/mol. The van der Waals surface area contributed by atoms with Crippen LogP contribution in [0.25, 0.3) is 10.8 Å². The molecule has 1 aliphatic heterocycles.